The molecule has 46 heavy (non-hydrogen) atoms. The molecule has 3 fully saturated rings. The van der Waals surface area contributed by atoms with E-state index < -0.39 is 53.4 Å². The maximum Gasteiger partial charge on any atom is 0.328 e. The number of aromatic hydroxyl groups is 1. The van der Waals surface area contributed by atoms with Gasteiger partial charge >= 0.3 is 11.9 Å². The molecule has 1 aromatic rings. The number of allylic oxidation sites excluding steroid dienone is 1. The van der Waals surface area contributed by atoms with Crippen molar-refractivity contribution in [3.8, 4) is 5.75 Å². The minimum atomic E-state index is -1.78. The van der Waals surface area contributed by atoms with Crippen LogP contribution in [0.5, 0.6) is 5.75 Å². The van der Waals surface area contributed by atoms with Crippen molar-refractivity contribution < 1.29 is 48.8 Å². The average Bonchev–Trinajstić information content (AvgIpc) is 3.29. The average molecular weight is 640 g/mol. The zero-order valence-corrected chi connectivity index (χ0v) is 26.8. The summed E-state index contributed by atoms with van der Waals surface area (Å²) in [6.07, 6.45) is 4.23. The van der Waals surface area contributed by atoms with E-state index in [2.05, 4.69) is 12.2 Å². The number of hydrogen-bond donors (Lipinski definition) is 4. The van der Waals surface area contributed by atoms with Crippen LogP contribution in [-0.4, -0.2) is 76.2 Å². The monoisotopic (exact) mass is 639 g/mol. The molecule has 0 saturated heterocycles. The van der Waals surface area contributed by atoms with Gasteiger partial charge in [0.25, 0.3) is 0 Å². The van der Waals surface area contributed by atoms with Crippen LogP contribution in [0.1, 0.15) is 77.2 Å². The predicted molar refractivity (Wildman–Crippen MR) is 164 cm³/mol. The molecule has 4 aliphatic rings. The molecule has 3 saturated carbocycles. The Labute approximate surface area is 268 Å². The summed E-state index contributed by atoms with van der Waals surface area (Å²) >= 11 is 0. The highest BCUT2D eigenvalue weighted by molar-refractivity contribution is 5.92. The lowest BCUT2D eigenvalue weighted by molar-refractivity contribution is -0.184. The second kappa shape index (κ2) is 12.9. The van der Waals surface area contributed by atoms with E-state index in [0.29, 0.717) is 24.8 Å². The van der Waals surface area contributed by atoms with Gasteiger partial charge in [-0.1, -0.05) is 31.6 Å². The number of ether oxygens (including phenoxy) is 2. The number of aliphatic hydroxyl groups excluding tert-OH is 1. The maximum atomic E-state index is 13.5. The van der Waals surface area contributed by atoms with Gasteiger partial charge in [-0.3, -0.25) is 19.2 Å². The zero-order valence-electron chi connectivity index (χ0n) is 26.8. The number of hydrogen-bond acceptors (Lipinski definition) is 10. The molecule has 0 radical (unpaired) electrons. The number of ketones is 2. The number of aliphatic hydroxyl groups is 2. The SMILES string of the molecule is COC(=O)[C@@H](Cc1ccc(O)cc1)NC(=O)CCC(=O)OCC(=O)[C@@]1(O)CC[C@H]2[C@@H]3CCC4=CC(=O)CC[C@]4(C)[C@H]3[C@@H](O)C[C@@]21C. The van der Waals surface area contributed by atoms with Crippen LogP contribution in [0.2, 0.25) is 0 Å². The molecule has 8 atom stereocenters. The quantitative estimate of drug-likeness (QED) is 0.279. The highest BCUT2D eigenvalue weighted by atomic mass is 16.5. The summed E-state index contributed by atoms with van der Waals surface area (Å²) in [6, 6.07) is 5.14. The first-order chi connectivity index (χ1) is 21.7. The van der Waals surface area contributed by atoms with Crippen LogP contribution >= 0.6 is 0 Å². The first-order valence-electron chi connectivity index (χ1n) is 16.2. The Hall–Kier alpha value is -3.57. The Morgan fingerprint density at radius 3 is 2.46 bits per heavy atom. The molecular weight excluding hydrogens is 594 g/mol. The number of fused-ring (bicyclic) bond motifs is 5. The standard InChI is InChI=1S/C35H45NO10/c1-33-14-12-23(38)17-21(33)6-9-24-25-13-15-35(44,34(25,2)18-27(39)31(24)33)28(40)19-46-30(42)11-10-29(41)36-26(32(43)45-3)16-20-4-7-22(37)8-5-20/h4-5,7-8,17,24-27,31,37,39,44H,6,9-16,18-19H2,1-3H3,(H,36,41)/t24-,25-,26+,27-,31+,33-,34-,35-/m0/s1. The normalized spacial score (nSPS) is 33.8. The third-order valence-electron chi connectivity index (χ3n) is 11.6. The fraction of sp³-hybridized carbons (Fsp3) is 0.629. The molecule has 11 nitrogen and oxygen atoms in total. The number of carbonyl (C=O) groups excluding carboxylic acids is 5. The van der Waals surface area contributed by atoms with Crippen LogP contribution in [0, 0.1) is 28.6 Å². The molecular formula is C35H45NO10. The van der Waals surface area contributed by atoms with Gasteiger partial charge in [0, 0.05) is 24.7 Å². The van der Waals surface area contributed by atoms with Crippen molar-refractivity contribution in [2.75, 3.05) is 13.7 Å². The highest BCUT2D eigenvalue weighted by Gasteiger charge is 2.68. The fourth-order valence-electron chi connectivity index (χ4n) is 9.17. The first-order valence-corrected chi connectivity index (χ1v) is 16.2. The van der Waals surface area contributed by atoms with Crippen LogP contribution in [0.15, 0.2) is 35.9 Å². The van der Waals surface area contributed by atoms with E-state index in [4.69, 9.17) is 9.47 Å². The Bertz CT molecular complexity index is 1420. The van der Waals surface area contributed by atoms with E-state index in [-0.39, 0.29) is 66.8 Å². The van der Waals surface area contributed by atoms with Gasteiger partial charge in [-0.25, -0.2) is 4.79 Å². The van der Waals surface area contributed by atoms with E-state index >= 15 is 0 Å². The van der Waals surface area contributed by atoms with Crippen LogP contribution in [0.3, 0.4) is 0 Å². The van der Waals surface area contributed by atoms with Gasteiger partial charge in [-0.15, -0.1) is 0 Å². The summed E-state index contributed by atoms with van der Waals surface area (Å²) in [5.41, 5.74) is -1.18. The number of amides is 1. The molecule has 0 aromatic heterocycles. The molecule has 0 aliphatic heterocycles. The molecule has 4 N–H and O–H groups in total. The van der Waals surface area contributed by atoms with E-state index in [1.165, 1.54) is 19.2 Å². The van der Waals surface area contributed by atoms with Gasteiger partial charge in [-0.2, -0.15) is 0 Å². The molecule has 11 heteroatoms. The molecule has 5 rings (SSSR count). The maximum absolute atomic E-state index is 13.5. The van der Waals surface area contributed by atoms with Crippen molar-refractivity contribution in [1.29, 1.82) is 0 Å². The number of carbonyl (C=O) groups is 5. The van der Waals surface area contributed by atoms with Crippen LogP contribution in [0.25, 0.3) is 0 Å². The second-order valence-corrected chi connectivity index (χ2v) is 14.1. The predicted octanol–water partition coefficient (Wildman–Crippen LogP) is 2.72. The topological polar surface area (TPSA) is 177 Å². The fourth-order valence-corrected chi connectivity index (χ4v) is 9.17. The Kier molecular flexibility index (Phi) is 9.48. The van der Waals surface area contributed by atoms with E-state index in [0.717, 1.165) is 18.4 Å². The summed E-state index contributed by atoms with van der Waals surface area (Å²) in [5, 5.41) is 35.4. The lowest BCUT2D eigenvalue weighted by atomic mass is 9.45. The smallest absolute Gasteiger partial charge is 0.328 e. The number of phenolic OH excluding ortho intramolecular Hbond substituents is 1. The lowest BCUT2D eigenvalue weighted by Crippen LogP contribution is -2.62. The number of esters is 2. The summed E-state index contributed by atoms with van der Waals surface area (Å²) in [5.74, 6) is -2.45. The van der Waals surface area contributed by atoms with Crippen LogP contribution < -0.4 is 5.32 Å². The molecule has 0 heterocycles. The van der Waals surface area contributed by atoms with E-state index in [9.17, 15) is 39.3 Å². The van der Waals surface area contributed by atoms with E-state index in [1.807, 2.05) is 6.92 Å². The van der Waals surface area contributed by atoms with Gasteiger partial charge in [0.1, 0.15) is 17.4 Å². The Balaban J connectivity index is 1.16. The van der Waals surface area contributed by atoms with Gasteiger partial charge in [0.15, 0.2) is 12.4 Å². The summed E-state index contributed by atoms with van der Waals surface area (Å²) in [6.45, 7) is 3.36. The minimum absolute atomic E-state index is 0.00502. The third-order valence-corrected chi connectivity index (χ3v) is 11.6. The summed E-state index contributed by atoms with van der Waals surface area (Å²) < 4.78 is 10.0. The Morgan fingerprint density at radius 1 is 1.04 bits per heavy atom. The molecule has 0 spiro atoms. The largest absolute Gasteiger partial charge is 0.508 e. The third kappa shape index (κ3) is 6.11. The van der Waals surface area contributed by atoms with Gasteiger partial charge < -0.3 is 30.1 Å². The number of Topliss-reactive ketones (excluding diaryl/α,β-unsaturated/α-hetero) is 1. The van der Waals surface area contributed by atoms with Crippen molar-refractivity contribution in [3.05, 3.63) is 41.5 Å². The summed E-state index contributed by atoms with van der Waals surface area (Å²) in [7, 11) is 1.20. The van der Waals surface area contributed by atoms with Gasteiger partial charge in [0.2, 0.25) is 11.7 Å². The van der Waals surface area contributed by atoms with Crippen LogP contribution in [-0.2, 0) is 39.9 Å². The molecule has 0 unspecified atom stereocenters. The molecule has 250 valence electrons. The van der Waals surface area contributed by atoms with Crippen molar-refractivity contribution in [2.24, 2.45) is 28.6 Å². The van der Waals surface area contributed by atoms with Crippen molar-refractivity contribution >= 4 is 29.4 Å². The van der Waals surface area contributed by atoms with Gasteiger partial charge in [0.05, 0.1) is 19.6 Å². The number of phenols is 1. The second-order valence-electron chi connectivity index (χ2n) is 14.1. The number of rotatable bonds is 10. The number of benzene rings is 1. The molecule has 1 aromatic carbocycles. The number of methoxy groups -OCH3 is 1. The van der Waals surface area contributed by atoms with Crippen molar-refractivity contribution in [1.82, 2.24) is 5.32 Å². The zero-order chi connectivity index (χ0) is 33.4. The summed E-state index contributed by atoms with van der Waals surface area (Å²) in [4.78, 5) is 63.0. The first kappa shape index (κ1) is 33.8. The number of nitrogens with one attached hydrogen (secondary N) is 1. The Morgan fingerprint density at radius 2 is 1.76 bits per heavy atom. The van der Waals surface area contributed by atoms with Crippen LogP contribution in [0.4, 0.5) is 0 Å². The minimum Gasteiger partial charge on any atom is -0.508 e. The molecule has 0 bridgehead atoms. The van der Waals surface area contributed by atoms with Gasteiger partial charge in [-0.05, 0) is 85.5 Å². The lowest BCUT2D eigenvalue weighted by Gasteiger charge is -2.60. The molecule has 4 aliphatic carbocycles. The highest BCUT2D eigenvalue weighted by Crippen LogP contribution is 2.67. The van der Waals surface area contributed by atoms with Crippen molar-refractivity contribution in [3.63, 3.8) is 0 Å². The van der Waals surface area contributed by atoms with Crippen molar-refractivity contribution in [2.45, 2.75) is 95.8 Å². The van der Waals surface area contributed by atoms with E-state index in [1.54, 1.807) is 18.2 Å². The molecule has 1 amide bonds.